The van der Waals surface area contributed by atoms with Crippen molar-refractivity contribution in [2.45, 2.75) is 59.3 Å². The number of carbonyl (C=O) groups excluding carboxylic acids is 3. The first-order chi connectivity index (χ1) is 12.0. The lowest BCUT2D eigenvalue weighted by atomic mass is 9.64. The number of hydrogen-bond acceptors (Lipinski definition) is 5. The maximum Gasteiger partial charge on any atom is 0.163 e. The van der Waals surface area contributed by atoms with Crippen molar-refractivity contribution in [1.29, 1.82) is 0 Å². The van der Waals surface area contributed by atoms with E-state index in [9.17, 15) is 19.5 Å². The Morgan fingerprint density at radius 1 is 1.00 bits per heavy atom. The van der Waals surface area contributed by atoms with Gasteiger partial charge in [-0.3, -0.25) is 14.4 Å². The highest BCUT2D eigenvalue weighted by atomic mass is 32.1. The zero-order valence-electron chi connectivity index (χ0n) is 15.8. The number of rotatable bonds is 3. The lowest BCUT2D eigenvalue weighted by Gasteiger charge is -2.38. The molecule has 1 fully saturated rings. The molecule has 0 amide bonds. The molecule has 2 aliphatic rings. The van der Waals surface area contributed by atoms with Gasteiger partial charge in [0.1, 0.15) is 17.3 Å². The molecule has 1 atom stereocenters. The molecule has 0 saturated heterocycles. The Balaban J connectivity index is 2.10. The second-order valence-corrected chi connectivity index (χ2v) is 10.2. The van der Waals surface area contributed by atoms with Crippen molar-refractivity contribution in [1.82, 2.24) is 0 Å². The fourth-order valence-electron chi connectivity index (χ4n) is 4.37. The Hall–Kier alpha value is -1.75. The topological polar surface area (TPSA) is 71.4 Å². The van der Waals surface area contributed by atoms with Crippen LogP contribution in [0.25, 0.3) is 0 Å². The van der Waals surface area contributed by atoms with E-state index in [0.717, 1.165) is 4.88 Å². The number of ketones is 3. The van der Waals surface area contributed by atoms with Crippen LogP contribution in [0.3, 0.4) is 0 Å². The molecule has 0 aliphatic heterocycles. The Morgan fingerprint density at radius 2 is 1.58 bits per heavy atom. The maximum atomic E-state index is 12.9. The highest BCUT2D eigenvalue weighted by Crippen LogP contribution is 2.48. The van der Waals surface area contributed by atoms with Crippen molar-refractivity contribution in [2.75, 3.05) is 0 Å². The molecule has 1 heterocycles. The minimum absolute atomic E-state index is 0.0371. The fraction of sp³-hybridized carbons (Fsp3) is 0.571. The molecule has 1 saturated carbocycles. The summed E-state index contributed by atoms with van der Waals surface area (Å²) in [5.74, 6) is -1.89. The van der Waals surface area contributed by atoms with Crippen LogP contribution < -0.4 is 0 Å². The molecule has 3 rings (SSSR count). The molecule has 2 aliphatic carbocycles. The molecular formula is C21H26O4S. The molecule has 0 bridgehead atoms. The Bertz CT molecular complexity index is 763. The third-order valence-electron chi connectivity index (χ3n) is 5.39. The van der Waals surface area contributed by atoms with Crippen LogP contribution in [0.1, 0.15) is 64.2 Å². The van der Waals surface area contributed by atoms with E-state index in [1.807, 2.05) is 45.2 Å². The normalized spacial score (nSPS) is 24.8. The number of thiophene rings is 1. The van der Waals surface area contributed by atoms with Crippen molar-refractivity contribution in [3.05, 3.63) is 33.7 Å². The van der Waals surface area contributed by atoms with Gasteiger partial charge in [-0.2, -0.15) is 0 Å². The standard InChI is InChI=1S/C21H26O4S/c1-20(2)8-12(22)17(13(23)9-20)19(16-6-5-7-26-16)18-14(24)10-21(3,4)11-15(18)25/h5-7,17,19,24H,8-11H2,1-4H3/t19-/m0/s1. The lowest BCUT2D eigenvalue weighted by Crippen LogP contribution is -2.42. The van der Waals surface area contributed by atoms with Crippen LogP contribution in [0, 0.1) is 16.7 Å². The molecule has 1 N–H and O–H groups in total. The summed E-state index contributed by atoms with van der Waals surface area (Å²) in [6.45, 7) is 7.73. The molecule has 1 aromatic heterocycles. The fourth-order valence-corrected chi connectivity index (χ4v) is 5.25. The highest BCUT2D eigenvalue weighted by molar-refractivity contribution is 7.10. The number of carbonyl (C=O) groups is 3. The summed E-state index contributed by atoms with van der Waals surface area (Å²) >= 11 is 1.42. The smallest absolute Gasteiger partial charge is 0.163 e. The van der Waals surface area contributed by atoms with E-state index in [2.05, 4.69) is 0 Å². The molecule has 140 valence electrons. The van der Waals surface area contributed by atoms with Crippen LogP contribution in [-0.2, 0) is 14.4 Å². The summed E-state index contributed by atoms with van der Waals surface area (Å²) in [4.78, 5) is 39.5. The van der Waals surface area contributed by atoms with E-state index in [1.165, 1.54) is 11.3 Å². The van der Waals surface area contributed by atoms with Gasteiger partial charge in [-0.05, 0) is 22.3 Å². The van der Waals surface area contributed by atoms with Gasteiger partial charge in [0, 0.05) is 42.1 Å². The van der Waals surface area contributed by atoms with Gasteiger partial charge in [0.15, 0.2) is 5.78 Å². The van der Waals surface area contributed by atoms with Crippen LogP contribution in [0.4, 0.5) is 0 Å². The van der Waals surface area contributed by atoms with Crippen molar-refractivity contribution in [3.8, 4) is 0 Å². The number of Topliss-reactive ketones (excluding diaryl/α,β-unsaturated/α-hetero) is 3. The zero-order chi connectivity index (χ0) is 19.3. The predicted octanol–water partition coefficient (Wildman–Crippen LogP) is 4.61. The zero-order valence-corrected chi connectivity index (χ0v) is 16.6. The molecule has 0 unspecified atom stereocenters. The third-order valence-corrected chi connectivity index (χ3v) is 6.35. The number of aliphatic hydroxyl groups is 1. The minimum atomic E-state index is -0.871. The van der Waals surface area contributed by atoms with Gasteiger partial charge in [0.05, 0.1) is 5.92 Å². The molecular weight excluding hydrogens is 348 g/mol. The molecule has 0 aromatic carbocycles. The largest absolute Gasteiger partial charge is 0.512 e. The Labute approximate surface area is 158 Å². The molecule has 4 nitrogen and oxygen atoms in total. The summed E-state index contributed by atoms with van der Waals surface area (Å²) in [6.07, 6.45) is 1.34. The first kappa shape index (κ1) is 19.0. The Morgan fingerprint density at radius 3 is 2.08 bits per heavy atom. The van der Waals surface area contributed by atoms with Gasteiger partial charge in [-0.1, -0.05) is 33.8 Å². The minimum Gasteiger partial charge on any atom is -0.512 e. The summed E-state index contributed by atoms with van der Waals surface area (Å²) in [5, 5.41) is 12.6. The second kappa shape index (κ2) is 6.45. The van der Waals surface area contributed by atoms with Crippen LogP contribution in [0.2, 0.25) is 0 Å². The van der Waals surface area contributed by atoms with Crippen molar-refractivity contribution in [3.63, 3.8) is 0 Å². The van der Waals surface area contributed by atoms with E-state index in [-0.39, 0.29) is 39.5 Å². The molecule has 1 aromatic rings. The van der Waals surface area contributed by atoms with Gasteiger partial charge < -0.3 is 5.11 Å². The van der Waals surface area contributed by atoms with Crippen molar-refractivity contribution in [2.24, 2.45) is 16.7 Å². The summed E-state index contributed by atoms with van der Waals surface area (Å²) in [7, 11) is 0. The van der Waals surface area contributed by atoms with Crippen LogP contribution in [-0.4, -0.2) is 22.5 Å². The van der Waals surface area contributed by atoms with E-state index in [1.54, 1.807) is 0 Å². The predicted molar refractivity (Wildman–Crippen MR) is 101 cm³/mol. The van der Waals surface area contributed by atoms with Gasteiger partial charge >= 0.3 is 0 Å². The molecule has 5 heteroatoms. The first-order valence-corrected chi connectivity index (χ1v) is 9.93. The summed E-state index contributed by atoms with van der Waals surface area (Å²) in [5.41, 5.74) is -0.384. The second-order valence-electron chi connectivity index (χ2n) is 9.22. The van der Waals surface area contributed by atoms with E-state index in [0.29, 0.717) is 25.7 Å². The van der Waals surface area contributed by atoms with Crippen LogP contribution >= 0.6 is 11.3 Å². The van der Waals surface area contributed by atoms with Gasteiger partial charge in [0.25, 0.3) is 0 Å². The first-order valence-electron chi connectivity index (χ1n) is 9.05. The van der Waals surface area contributed by atoms with Crippen LogP contribution in [0.5, 0.6) is 0 Å². The highest BCUT2D eigenvalue weighted by Gasteiger charge is 2.48. The molecule has 0 spiro atoms. The van der Waals surface area contributed by atoms with Crippen molar-refractivity contribution >= 4 is 28.7 Å². The van der Waals surface area contributed by atoms with E-state index < -0.39 is 11.8 Å². The molecule has 26 heavy (non-hydrogen) atoms. The lowest BCUT2D eigenvalue weighted by molar-refractivity contribution is -0.140. The third kappa shape index (κ3) is 3.54. The van der Waals surface area contributed by atoms with Crippen LogP contribution in [0.15, 0.2) is 28.8 Å². The van der Waals surface area contributed by atoms with E-state index in [4.69, 9.17) is 0 Å². The van der Waals surface area contributed by atoms with Crippen molar-refractivity contribution < 1.29 is 19.5 Å². The molecule has 0 radical (unpaired) electrons. The SMILES string of the molecule is CC1(C)CC(=O)C([C@@H](C2=C(O)CC(C)(C)CC2=O)c2cccs2)C(=O)C1. The number of aliphatic hydroxyl groups excluding tert-OH is 1. The number of hydrogen-bond donors (Lipinski definition) is 1. The quantitative estimate of drug-likeness (QED) is 0.785. The number of allylic oxidation sites excluding steroid dienone is 2. The van der Waals surface area contributed by atoms with Gasteiger partial charge in [0.2, 0.25) is 0 Å². The summed E-state index contributed by atoms with van der Waals surface area (Å²) < 4.78 is 0. The Kier molecular flexibility index (Phi) is 4.72. The average molecular weight is 375 g/mol. The van der Waals surface area contributed by atoms with Gasteiger partial charge in [-0.25, -0.2) is 0 Å². The van der Waals surface area contributed by atoms with Gasteiger partial charge in [-0.15, -0.1) is 11.3 Å². The summed E-state index contributed by atoms with van der Waals surface area (Å²) in [6, 6.07) is 3.70. The maximum absolute atomic E-state index is 12.9. The monoisotopic (exact) mass is 374 g/mol. The van der Waals surface area contributed by atoms with E-state index >= 15 is 0 Å². The average Bonchev–Trinajstić information content (AvgIpc) is 2.95.